The van der Waals surface area contributed by atoms with E-state index in [1.165, 1.54) is 11.1 Å². The first-order valence-corrected chi connectivity index (χ1v) is 6.69. The summed E-state index contributed by atoms with van der Waals surface area (Å²) in [6.45, 7) is 8.95. The number of hydrogen-bond acceptors (Lipinski definition) is 4. The van der Waals surface area contributed by atoms with Crippen LogP contribution in [-0.4, -0.2) is 10.1 Å². The molecule has 0 radical (unpaired) electrons. The number of benzene rings is 1. The lowest BCUT2D eigenvalue weighted by Crippen LogP contribution is -1.98. The van der Waals surface area contributed by atoms with Gasteiger partial charge in [-0.2, -0.15) is 4.98 Å². The lowest BCUT2D eigenvalue weighted by atomic mass is 9.92. The van der Waals surface area contributed by atoms with Gasteiger partial charge in [0, 0.05) is 5.56 Å². The van der Waals surface area contributed by atoms with Gasteiger partial charge < -0.3 is 10.3 Å². The Morgan fingerprint density at radius 2 is 1.89 bits per heavy atom. The Morgan fingerprint density at radius 1 is 1.16 bits per heavy atom. The third kappa shape index (κ3) is 2.84. The molecule has 0 spiro atoms. The van der Waals surface area contributed by atoms with E-state index in [0.29, 0.717) is 23.6 Å². The number of aromatic nitrogens is 2. The third-order valence-corrected chi connectivity index (χ3v) is 3.25. The highest BCUT2D eigenvalue weighted by Gasteiger charge is 2.15. The van der Waals surface area contributed by atoms with Gasteiger partial charge >= 0.3 is 0 Å². The van der Waals surface area contributed by atoms with Crippen molar-refractivity contribution in [1.29, 1.82) is 0 Å². The average molecular weight is 259 g/mol. The third-order valence-electron chi connectivity index (χ3n) is 3.25. The topological polar surface area (TPSA) is 64.9 Å². The smallest absolute Gasteiger partial charge is 0.240 e. The Labute approximate surface area is 114 Å². The number of hydrogen-bond donors (Lipinski definition) is 1. The zero-order chi connectivity index (χ0) is 14.0. The maximum atomic E-state index is 5.52. The first kappa shape index (κ1) is 13.7. The number of rotatable bonds is 4. The highest BCUT2D eigenvalue weighted by atomic mass is 16.5. The van der Waals surface area contributed by atoms with Gasteiger partial charge in [0.2, 0.25) is 11.7 Å². The molecular weight excluding hydrogens is 238 g/mol. The molecule has 0 aliphatic carbocycles. The minimum atomic E-state index is 0.272. The van der Waals surface area contributed by atoms with E-state index in [9.17, 15) is 0 Å². The van der Waals surface area contributed by atoms with E-state index >= 15 is 0 Å². The van der Waals surface area contributed by atoms with Gasteiger partial charge in [0.1, 0.15) is 0 Å². The van der Waals surface area contributed by atoms with Gasteiger partial charge in [0.25, 0.3) is 0 Å². The normalized spacial score (nSPS) is 11.5. The van der Waals surface area contributed by atoms with Crippen LogP contribution < -0.4 is 5.73 Å². The summed E-state index contributed by atoms with van der Waals surface area (Å²) in [4.78, 5) is 4.34. The number of nitrogens with zero attached hydrogens (tertiary/aromatic N) is 2. The van der Waals surface area contributed by atoms with E-state index in [0.717, 1.165) is 5.56 Å². The molecule has 19 heavy (non-hydrogen) atoms. The van der Waals surface area contributed by atoms with Crippen LogP contribution in [0.4, 0.5) is 0 Å². The van der Waals surface area contributed by atoms with Crippen LogP contribution in [0.2, 0.25) is 0 Å². The molecule has 1 aromatic heterocycles. The van der Waals surface area contributed by atoms with Gasteiger partial charge in [-0.3, -0.25) is 0 Å². The molecule has 2 rings (SSSR count). The van der Waals surface area contributed by atoms with Gasteiger partial charge in [-0.15, -0.1) is 0 Å². The standard InChI is InChI=1S/C15H21N3O/c1-9(2)11-5-6-12(10(3)4)13(7-11)15-17-14(8-16)19-18-15/h5-7,9-10H,8,16H2,1-4H3. The van der Waals surface area contributed by atoms with Crippen LogP contribution in [-0.2, 0) is 6.54 Å². The summed E-state index contributed by atoms with van der Waals surface area (Å²) in [6.07, 6.45) is 0. The van der Waals surface area contributed by atoms with Crippen LogP contribution in [0.1, 0.15) is 56.5 Å². The second kappa shape index (κ2) is 5.53. The fourth-order valence-corrected chi connectivity index (χ4v) is 2.08. The quantitative estimate of drug-likeness (QED) is 0.913. The maximum Gasteiger partial charge on any atom is 0.240 e. The summed E-state index contributed by atoms with van der Waals surface area (Å²) in [7, 11) is 0. The molecule has 2 aromatic rings. The monoisotopic (exact) mass is 259 g/mol. The molecule has 0 saturated heterocycles. The lowest BCUT2D eigenvalue weighted by molar-refractivity contribution is 0.380. The minimum Gasteiger partial charge on any atom is -0.338 e. The van der Waals surface area contributed by atoms with E-state index in [1.807, 2.05) is 0 Å². The molecule has 0 amide bonds. The summed E-state index contributed by atoms with van der Waals surface area (Å²) in [5.74, 6) is 1.99. The molecule has 0 bridgehead atoms. The van der Waals surface area contributed by atoms with Crippen molar-refractivity contribution < 1.29 is 4.52 Å². The van der Waals surface area contributed by atoms with Crippen molar-refractivity contribution in [2.75, 3.05) is 0 Å². The van der Waals surface area contributed by atoms with Crippen LogP contribution in [0.5, 0.6) is 0 Å². The minimum absolute atomic E-state index is 0.272. The molecule has 0 aliphatic rings. The zero-order valence-electron chi connectivity index (χ0n) is 12.0. The van der Waals surface area contributed by atoms with Crippen LogP contribution >= 0.6 is 0 Å². The summed E-state index contributed by atoms with van der Waals surface area (Å²) in [5.41, 5.74) is 9.07. The molecule has 102 valence electrons. The Hall–Kier alpha value is -1.68. The van der Waals surface area contributed by atoms with E-state index in [-0.39, 0.29) is 6.54 Å². The summed E-state index contributed by atoms with van der Waals surface area (Å²) < 4.78 is 5.12. The van der Waals surface area contributed by atoms with Crippen LogP contribution in [0.3, 0.4) is 0 Å². The molecule has 0 unspecified atom stereocenters. The average Bonchev–Trinajstić information content (AvgIpc) is 2.86. The maximum absolute atomic E-state index is 5.52. The van der Waals surface area contributed by atoms with Gasteiger partial charge in [-0.1, -0.05) is 45.0 Å². The van der Waals surface area contributed by atoms with E-state index < -0.39 is 0 Å². The van der Waals surface area contributed by atoms with Crippen LogP contribution in [0.15, 0.2) is 22.7 Å². The van der Waals surface area contributed by atoms with Crippen molar-refractivity contribution in [1.82, 2.24) is 10.1 Å². The summed E-state index contributed by atoms with van der Waals surface area (Å²) in [5, 5.41) is 4.03. The highest BCUT2D eigenvalue weighted by Crippen LogP contribution is 2.30. The van der Waals surface area contributed by atoms with E-state index in [4.69, 9.17) is 10.3 Å². The molecule has 4 heteroatoms. The molecule has 2 N–H and O–H groups in total. The van der Waals surface area contributed by atoms with E-state index in [2.05, 4.69) is 56.0 Å². The van der Waals surface area contributed by atoms with Crippen molar-refractivity contribution in [3.8, 4) is 11.4 Å². The molecule has 0 atom stereocenters. The van der Waals surface area contributed by atoms with Crippen molar-refractivity contribution in [2.45, 2.75) is 46.1 Å². The molecular formula is C15H21N3O. The SMILES string of the molecule is CC(C)c1ccc(C(C)C)c(-c2noc(CN)n2)c1. The Bertz CT molecular complexity index is 558. The summed E-state index contributed by atoms with van der Waals surface area (Å²) in [6, 6.07) is 6.49. The Balaban J connectivity index is 2.54. The molecule has 0 saturated carbocycles. The lowest BCUT2D eigenvalue weighted by Gasteiger charge is -2.13. The van der Waals surface area contributed by atoms with Gasteiger partial charge in [0.05, 0.1) is 6.54 Å². The fraction of sp³-hybridized carbons (Fsp3) is 0.467. The molecule has 4 nitrogen and oxygen atoms in total. The molecule has 1 aromatic carbocycles. The highest BCUT2D eigenvalue weighted by molar-refractivity contribution is 5.62. The van der Waals surface area contributed by atoms with Gasteiger partial charge in [-0.25, -0.2) is 0 Å². The van der Waals surface area contributed by atoms with E-state index in [1.54, 1.807) is 0 Å². The van der Waals surface area contributed by atoms with Crippen molar-refractivity contribution in [3.63, 3.8) is 0 Å². The first-order valence-electron chi connectivity index (χ1n) is 6.69. The Morgan fingerprint density at radius 3 is 2.42 bits per heavy atom. The predicted octanol–water partition coefficient (Wildman–Crippen LogP) is 3.44. The second-order valence-corrected chi connectivity index (χ2v) is 5.37. The van der Waals surface area contributed by atoms with Gasteiger partial charge in [0.15, 0.2) is 0 Å². The first-order chi connectivity index (χ1) is 9.02. The molecule has 1 heterocycles. The van der Waals surface area contributed by atoms with Crippen molar-refractivity contribution >= 4 is 0 Å². The number of nitrogens with two attached hydrogens (primary N) is 1. The second-order valence-electron chi connectivity index (χ2n) is 5.37. The van der Waals surface area contributed by atoms with Crippen LogP contribution in [0.25, 0.3) is 11.4 Å². The Kier molecular flexibility index (Phi) is 4.00. The molecule has 0 aliphatic heterocycles. The molecule has 0 fully saturated rings. The van der Waals surface area contributed by atoms with Crippen molar-refractivity contribution in [2.24, 2.45) is 5.73 Å². The largest absolute Gasteiger partial charge is 0.338 e. The van der Waals surface area contributed by atoms with Crippen LogP contribution in [0, 0.1) is 0 Å². The fourth-order valence-electron chi connectivity index (χ4n) is 2.08. The zero-order valence-corrected chi connectivity index (χ0v) is 12.0. The van der Waals surface area contributed by atoms with Gasteiger partial charge in [-0.05, 0) is 29.0 Å². The predicted molar refractivity (Wildman–Crippen MR) is 75.8 cm³/mol. The summed E-state index contributed by atoms with van der Waals surface area (Å²) >= 11 is 0. The van der Waals surface area contributed by atoms with Crippen molar-refractivity contribution in [3.05, 3.63) is 35.2 Å².